The summed E-state index contributed by atoms with van der Waals surface area (Å²) in [6.45, 7) is 5.91. The van der Waals surface area contributed by atoms with E-state index < -0.39 is 0 Å². The normalized spacial score (nSPS) is 16.5. The van der Waals surface area contributed by atoms with Crippen molar-refractivity contribution >= 4 is 22.7 Å². The number of aldehydes is 1. The summed E-state index contributed by atoms with van der Waals surface area (Å²) in [7, 11) is 7.64. The summed E-state index contributed by atoms with van der Waals surface area (Å²) >= 11 is 0. The maximum atomic E-state index is 11.0. The van der Waals surface area contributed by atoms with Gasteiger partial charge in [-0.1, -0.05) is 24.8 Å². The number of aromatic nitrogens is 2. The van der Waals surface area contributed by atoms with E-state index in [0.29, 0.717) is 35.7 Å². The highest BCUT2D eigenvalue weighted by atomic mass is 16.5. The Morgan fingerprint density at radius 2 is 1.95 bits per heavy atom. The van der Waals surface area contributed by atoms with Crippen molar-refractivity contribution in [1.29, 1.82) is 5.26 Å². The second-order valence-electron chi connectivity index (χ2n) is 9.84. The Morgan fingerprint density at radius 1 is 1.20 bits per heavy atom. The van der Waals surface area contributed by atoms with Gasteiger partial charge in [-0.15, -0.1) is 0 Å². The Labute approximate surface area is 237 Å². The number of carbonyl (C=O) groups excluding carboxylic acids is 1. The van der Waals surface area contributed by atoms with Crippen LogP contribution in [0.15, 0.2) is 54.7 Å². The second-order valence-corrected chi connectivity index (χ2v) is 9.84. The van der Waals surface area contributed by atoms with Gasteiger partial charge >= 0.3 is 0 Å². The number of anilines is 1. The monoisotopic (exact) mass is 544 g/mol. The van der Waals surface area contributed by atoms with Crippen LogP contribution in [0.4, 0.5) is 5.69 Å². The molecule has 0 saturated heterocycles. The number of carbonyl (C=O) groups is 1. The molecule has 212 valence electrons. The van der Waals surface area contributed by atoms with Gasteiger partial charge < -0.3 is 25.0 Å². The summed E-state index contributed by atoms with van der Waals surface area (Å²) in [5.74, 6) is 1.12. The van der Waals surface area contributed by atoms with E-state index in [-0.39, 0.29) is 0 Å². The van der Waals surface area contributed by atoms with Crippen LogP contribution in [0.3, 0.4) is 0 Å². The van der Waals surface area contributed by atoms with Gasteiger partial charge in [-0.25, -0.2) is 9.97 Å². The molecule has 0 atom stereocenters. The van der Waals surface area contributed by atoms with E-state index in [1.54, 1.807) is 26.5 Å². The molecule has 1 aliphatic carbocycles. The third kappa shape index (κ3) is 8.33. The molecule has 0 aliphatic heterocycles. The van der Waals surface area contributed by atoms with Crippen LogP contribution in [0.2, 0.25) is 0 Å². The van der Waals surface area contributed by atoms with Crippen molar-refractivity contribution in [3.8, 4) is 23.2 Å². The van der Waals surface area contributed by atoms with Crippen LogP contribution in [0.5, 0.6) is 5.75 Å². The Balaban J connectivity index is 0.000000267. The van der Waals surface area contributed by atoms with Crippen molar-refractivity contribution < 1.29 is 14.3 Å². The summed E-state index contributed by atoms with van der Waals surface area (Å²) < 4.78 is 10.5. The van der Waals surface area contributed by atoms with Crippen LogP contribution in [0, 0.1) is 11.3 Å². The molecule has 4 rings (SSSR count). The molecule has 0 radical (unpaired) electrons. The number of methoxy groups -OCH3 is 2. The molecule has 1 fully saturated rings. The van der Waals surface area contributed by atoms with Crippen molar-refractivity contribution in [3.05, 3.63) is 60.4 Å². The minimum absolute atomic E-state index is 0.313. The second kappa shape index (κ2) is 15.7. The van der Waals surface area contributed by atoms with Gasteiger partial charge in [0.15, 0.2) is 12.1 Å². The van der Waals surface area contributed by atoms with Gasteiger partial charge in [-0.2, -0.15) is 5.26 Å². The number of fused-ring (bicyclic) bond motifs is 1. The van der Waals surface area contributed by atoms with E-state index in [0.717, 1.165) is 47.3 Å². The third-order valence-corrected chi connectivity index (χ3v) is 7.27. The highest BCUT2D eigenvalue weighted by Gasteiger charge is 2.22. The van der Waals surface area contributed by atoms with Crippen LogP contribution in [-0.4, -0.2) is 81.2 Å². The molecule has 2 aromatic carbocycles. The number of ether oxygens (including phenoxy) is 2. The molecule has 1 heterocycles. The molecular weight excluding hydrogens is 504 g/mol. The lowest BCUT2D eigenvalue weighted by molar-refractivity contribution is 0.111. The first-order valence-corrected chi connectivity index (χ1v) is 13.5. The number of nitrogens with zero attached hydrogens (tertiary/aromatic N) is 4. The lowest BCUT2D eigenvalue weighted by atomic mass is 9.90. The van der Waals surface area contributed by atoms with Gasteiger partial charge in [0.2, 0.25) is 0 Å². The first-order valence-electron chi connectivity index (χ1n) is 13.5. The van der Waals surface area contributed by atoms with Gasteiger partial charge in [0, 0.05) is 55.0 Å². The lowest BCUT2D eigenvalue weighted by Crippen LogP contribution is -2.40. The highest BCUT2D eigenvalue weighted by molar-refractivity contribution is 5.99. The molecule has 2 N–H and O–H groups in total. The van der Waals surface area contributed by atoms with Gasteiger partial charge in [0.25, 0.3) is 0 Å². The molecule has 9 heteroatoms. The van der Waals surface area contributed by atoms with E-state index in [1.807, 2.05) is 36.4 Å². The standard InChI is InChI=1S/C20H16N4O2.C11H24N2O/c1-13(10-21)11-23-19-17-9-15(20-22-8-7-16(12-25)24-20)4-3-14(17)5-6-18(19)26-2;1-12-10-4-6-11(7-5-10)13(2)8-9-14-3/h3-9,12,23H,1,11H2,2H3;10-12H,4-9H2,1-3H3. The fraction of sp³-hybridized carbons (Fsp3) is 0.419. The van der Waals surface area contributed by atoms with E-state index in [4.69, 9.17) is 14.7 Å². The molecule has 1 saturated carbocycles. The van der Waals surface area contributed by atoms with Crippen LogP contribution in [0.25, 0.3) is 22.2 Å². The molecule has 0 spiro atoms. The van der Waals surface area contributed by atoms with Gasteiger partial charge in [-0.05, 0) is 63.4 Å². The molecule has 0 amide bonds. The SMILES string of the molecule is C=C(C#N)CNc1c(OC)ccc2ccc(-c3nccc(C=O)n3)cc12.CNC1CCC(N(C)CCOC)CC1. The zero-order chi connectivity index (χ0) is 28.9. The molecule has 3 aromatic rings. The average Bonchev–Trinajstić information content (AvgIpc) is 3.02. The minimum Gasteiger partial charge on any atom is -0.495 e. The third-order valence-electron chi connectivity index (χ3n) is 7.27. The number of benzene rings is 2. The Bertz CT molecular complexity index is 1310. The van der Waals surface area contributed by atoms with Crippen molar-refractivity contribution in [2.75, 3.05) is 53.3 Å². The fourth-order valence-corrected chi connectivity index (χ4v) is 4.83. The summed E-state index contributed by atoms with van der Waals surface area (Å²) in [4.78, 5) is 21.9. The van der Waals surface area contributed by atoms with E-state index >= 15 is 0 Å². The van der Waals surface area contributed by atoms with Crippen LogP contribution in [-0.2, 0) is 4.74 Å². The topological polar surface area (TPSA) is 112 Å². The maximum absolute atomic E-state index is 11.0. The number of likely N-dealkylation sites (N-methyl/N-ethyl adjacent to an activating group) is 1. The van der Waals surface area contributed by atoms with Gasteiger partial charge in [0.1, 0.15) is 11.4 Å². The Kier molecular flexibility index (Phi) is 12.0. The Morgan fingerprint density at radius 3 is 2.60 bits per heavy atom. The number of rotatable bonds is 11. The number of nitriles is 1. The predicted molar refractivity (Wildman–Crippen MR) is 160 cm³/mol. The molecule has 0 bridgehead atoms. The molecule has 40 heavy (non-hydrogen) atoms. The van der Waals surface area contributed by atoms with E-state index in [9.17, 15) is 4.79 Å². The number of hydrogen-bond acceptors (Lipinski definition) is 9. The van der Waals surface area contributed by atoms with Gasteiger partial charge in [0.05, 0.1) is 25.5 Å². The average molecular weight is 545 g/mol. The van der Waals surface area contributed by atoms with Crippen LogP contribution >= 0.6 is 0 Å². The molecule has 1 aromatic heterocycles. The van der Waals surface area contributed by atoms with Crippen molar-refractivity contribution in [2.24, 2.45) is 0 Å². The lowest BCUT2D eigenvalue weighted by Gasteiger charge is -2.34. The molecule has 9 nitrogen and oxygen atoms in total. The Hall–Kier alpha value is -3.84. The van der Waals surface area contributed by atoms with E-state index in [1.165, 1.54) is 25.7 Å². The van der Waals surface area contributed by atoms with Crippen LogP contribution < -0.4 is 15.4 Å². The summed E-state index contributed by atoms with van der Waals surface area (Å²) in [5.41, 5.74) is 2.28. The zero-order valence-corrected chi connectivity index (χ0v) is 23.9. The van der Waals surface area contributed by atoms with Crippen molar-refractivity contribution in [2.45, 2.75) is 37.8 Å². The molecule has 1 aliphatic rings. The first kappa shape index (κ1) is 30.7. The molecular formula is C31H40N6O3. The van der Waals surface area contributed by atoms with Gasteiger partial charge in [-0.3, -0.25) is 4.79 Å². The summed E-state index contributed by atoms with van der Waals surface area (Å²) in [6.07, 6.45) is 7.53. The quantitative estimate of drug-likeness (QED) is 0.262. The number of nitrogens with one attached hydrogen (secondary N) is 2. The van der Waals surface area contributed by atoms with Crippen molar-refractivity contribution in [3.63, 3.8) is 0 Å². The smallest absolute Gasteiger partial charge is 0.168 e. The maximum Gasteiger partial charge on any atom is 0.168 e. The highest BCUT2D eigenvalue weighted by Crippen LogP contribution is 2.35. The minimum atomic E-state index is 0.313. The van der Waals surface area contributed by atoms with Crippen LogP contribution in [0.1, 0.15) is 36.2 Å². The predicted octanol–water partition coefficient (Wildman–Crippen LogP) is 4.70. The van der Waals surface area contributed by atoms with E-state index in [2.05, 4.69) is 46.2 Å². The zero-order valence-electron chi connectivity index (χ0n) is 23.9. The summed E-state index contributed by atoms with van der Waals surface area (Å²) in [6, 6.07) is 14.7. The van der Waals surface area contributed by atoms with Crippen molar-refractivity contribution in [1.82, 2.24) is 20.2 Å². The number of hydrogen-bond donors (Lipinski definition) is 2. The fourth-order valence-electron chi connectivity index (χ4n) is 4.83. The summed E-state index contributed by atoms with van der Waals surface area (Å²) in [5, 5.41) is 17.4. The first-order chi connectivity index (χ1) is 19.4. The largest absolute Gasteiger partial charge is 0.495 e. The molecule has 0 unspecified atom stereocenters.